The van der Waals surface area contributed by atoms with Crippen molar-refractivity contribution in [1.82, 2.24) is 0 Å². The summed E-state index contributed by atoms with van der Waals surface area (Å²) in [7, 11) is 0. The maximum atomic E-state index is 14.2. The van der Waals surface area contributed by atoms with Crippen molar-refractivity contribution < 1.29 is 49.0 Å². The summed E-state index contributed by atoms with van der Waals surface area (Å²) in [5, 5.41) is 42.8. The second-order valence-corrected chi connectivity index (χ2v) is 18.4. The minimum absolute atomic E-state index is 0.0512. The fraction of sp³-hybridized carbons (Fsp3) is 0.946. The van der Waals surface area contributed by atoms with Gasteiger partial charge in [0.15, 0.2) is 12.1 Å². The number of hydrogen-bond acceptors (Lipinski definition) is 10. The summed E-state index contributed by atoms with van der Waals surface area (Å²) < 4.78 is 23.7. The van der Waals surface area contributed by atoms with Crippen LogP contribution in [0.15, 0.2) is 0 Å². The minimum Gasteiger partial charge on any atom is -0.460 e. The second-order valence-electron chi connectivity index (χ2n) is 18.4. The lowest BCUT2D eigenvalue weighted by Crippen LogP contribution is -2.61. The van der Waals surface area contributed by atoms with Gasteiger partial charge in [0.1, 0.15) is 36.6 Å². The van der Waals surface area contributed by atoms with Gasteiger partial charge in [-0.25, -0.2) is 0 Å². The van der Waals surface area contributed by atoms with E-state index in [1.807, 2.05) is 13.8 Å². The number of fused-ring (bicyclic) bond motifs is 2. The number of hydrogen-bond donors (Lipinski definition) is 4. The summed E-state index contributed by atoms with van der Waals surface area (Å²) in [5.41, 5.74) is -1.34. The first-order valence-electron chi connectivity index (χ1n) is 18.2. The first-order valence-corrected chi connectivity index (χ1v) is 18.2. The average molecular weight is 663 g/mol. The van der Waals surface area contributed by atoms with E-state index in [-0.39, 0.29) is 75.6 Å². The predicted octanol–water partition coefficient (Wildman–Crippen LogP) is 3.53. The van der Waals surface area contributed by atoms with Crippen molar-refractivity contribution in [2.75, 3.05) is 6.61 Å². The summed E-state index contributed by atoms with van der Waals surface area (Å²) in [4.78, 5) is 26.3. The number of epoxide rings is 1. The third kappa shape index (κ3) is 4.53. The molecule has 47 heavy (non-hydrogen) atoms. The smallest absolute Gasteiger partial charge is 0.302 e. The molecular weight excluding hydrogens is 604 g/mol. The van der Waals surface area contributed by atoms with Crippen LogP contribution in [0.2, 0.25) is 0 Å². The number of rotatable bonds is 7. The molecule has 7 fully saturated rings. The van der Waals surface area contributed by atoms with Gasteiger partial charge in [0, 0.05) is 18.3 Å². The van der Waals surface area contributed by atoms with Crippen molar-refractivity contribution in [2.45, 2.75) is 161 Å². The van der Waals surface area contributed by atoms with Crippen LogP contribution in [0, 0.1) is 50.7 Å². The Morgan fingerprint density at radius 2 is 1.57 bits per heavy atom. The molecule has 2 spiro atoms. The number of ether oxygens (including phenoxy) is 4. The molecule has 10 nitrogen and oxygen atoms in total. The van der Waals surface area contributed by atoms with E-state index in [0.717, 1.165) is 44.9 Å². The highest BCUT2D eigenvalue weighted by molar-refractivity contribution is 5.90. The van der Waals surface area contributed by atoms with Crippen molar-refractivity contribution in [2.24, 2.45) is 50.7 Å². The summed E-state index contributed by atoms with van der Waals surface area (Å²) in [6.45, 7) is 16.4. The molecule has 0 amide bonds. The van der Waals surface area contributed by atoms with Gasteiger partial charge in [-0.2, -0.15) is 0 Å². The summed E-state index contributed by atoms with van der Waals surface area (Å²) in [6, 6.07) is 0. The zero-order valence-corrected chi connectivity index (χ0v) is 29.5. The minimum atomic E-state index is -1.31. The zero-order valence-electron chi connectivity index (χ0n) is 29.5. The molecule has 0 aromatic carbocycles. The van der Waals surface area contributed by atoms with Gasteiger partial charge in [-0.15, -0.1) is 0 Å². The van der Waals surface area contributed by atoms with Gasteiger partial charge >= 0.3 is 5.97 Å². The molecule has 2 aliphatic heterocycles. The molecule has 0 unspecified atom stereocenters. The molecule has 7 rings (SSSR count). The number of aliphatic hydroxyl groups excluding tert-OH is 4. The van der Waals surface area contributed by atoms with Crippen LogP contribution in [0.1, 0.15) is 107 Å². The molecule has 5 saturated carbocycles. The summed E-state index contributed by atoms with van der Waals surface area (Å²) >= 11 is 0. The molecule has 2 heterocycles. The third-order valence-electron chi connectivity index (χ3n) is 15.7. The van der Waals surface area contributed by atoms with Gasteiger partial charge in [-0.05, 0) is 105 Å². The van der Waals surface area contributed by atoms with E-state index in [0.29, 0.717) is 12.3 Å². The molecule has 0 bridgehead atoms. The molecule has 266 valence electrons. The number of carbonyl (C=O) groups is 2. The molecule has 0 radical (unpaired) electrons. The van der Waals surface area contributed by atoms with E-state index >= 15 is 0 Å². The van der Waals surface area contributed by atoms with E-state index in [1.165, 1.54) is 6.92 Å². The highest BCUT2D eigenvalue weighted by Crippen LogP contribution is 2.89. The monoisotopic (exact) mass is 662 g/mol. The van der Waals surface area contributed by atoms with Crippen LogP contribution in [-0.4, -0.2) is 93.4 Å². The lowest BCUT2D eigenvalue weighted by Gasteiger charge is -2.63. The van der Waals surface area contributed by atoms with Crippen LogP contribution in [0.5, 0.6) is 0 Å². The van der Waals surface area contributed by atoms with Gasteiger partial charge in [-0.1, -0.05) is 34.6 Å². The molecule has 10 heteroatoms. The van der Waals surface area contributed by atoms with Crippen LogP contribution in [0.25, 0.3) is 0 Å². The number of aliphatic hydroxyl groups is 4. The Morgan fingerprint density at radius 3 is 2.21 bits per heavy atom. The molecule has 2 saturated heterocycles. The van der Waals surface area contributed by atoms with E-state index in [2.05, 4.69) is 34.6 Å². The lowest BCUT2D eigenvalue weighted by molar-refractivity contribution is -0.303. The molecule has 0 aromatic heterocycles. The molecule has 4 N–H and O–H groups in total. The van der Waals surface area contributed by atoms with E-state index in [1.54, 1.807) is 0 Å². The number of carbonyl (C=O) groups excluding carboxylic acids is 2. The first-order chi connectivity index (χ1) is 21.8. The Morgan fingerprint density at radius 1 is 0.936 bits per heavy atom. The number of ketones is 1. The molecule has 5 aliphatic carbocycles. The van der Waals surface area contributed by atoms with E-state index in [4.69, 9.17) is 18.9 Å². The van der Waals surface area contributed by atoms with Gasteiger partial charge < -0.3 is 39.4 Å². The number of esters is 1. The SMILES string of the molecule is CC(=O)O[C@H](C[C@@H](C)[C@H]1C(=O)[C@H](O)[C@@]2(C)[C@@H]3CC[C@H]4C(C)(C)[C@@H](O[C@@H]5OC[C@@H](O)[C@H](O)[C@H]5O)CC[C@@]45C[C@@]35CC[C@]12C)[C@H]1OC1(C)C. The Balaban J connectivity index is 1.12. The standard InChI is InChI=1S/C37H58O10/c1-18(15-21(45-19(2)38)30-33(5,6)47-30)25-27(41)29(43)35(8)23-10-9-22-32(3,4)24(46-31-28(42)26(40)20(39)16-44-31)11-12-36(22)17-37(23,36)14-13-34(25,35)7/h18,20-26,28-31,39-40,42-43H,9-17H2,1-8H3/t18-,20-,21-,22+,23+,24+,25+,26+,28-,29+,30-,31+,34-,35-,36-,37+/m1/s1. The number of Topliss-reactive ketones (excluding diaryl/α,β-unsaturated/α-hetero) is 1. The van der Waals surface area contributed by atoms with Gasteiger partial charge in [0.05, 0.1) is 18.3 Å². The fourth-order valence-electron chi connectivity index (χ4n) is 13.2. The zero-order chi connectivity index (χ0) is 34.3. The van der Waals surface area contributed by atoms with Gasteiger partial charge in [-0.3, -0.25) is 9.59 Å². The maximum Gasteiger partial charge on any atom is 0.302 e. The van der Waals surface area contributed by atoms with Crippen LogP contribution in [0.4, 0.5) is 0 Å². The van der Waals surface area contributed by atoms with E-state index < -0.39 is 42.2 Å². The summed E-state index contributed by atoms with van der Waals surface area (Å²) in [6.07, 6.45) is 0.666. The Labute approximate surface area is 279 Å². The molecule has 7 aliphatic rings. The Kier molecular flexibility index (Phi) is 7.80. The van der Waals surface area contributed by atoms with Crippen LogP contribution >= 0.6 is 0 Å². The van der Waals surface area contributed by atoms with Crippen LogP contribution in [-0.2, 0) is 28.5 Å². The summed E-state index contributed by atoms with van der Waals surface area (Å²) in [5.74, 6) is -0.211. The van der Waals surface area contributed by atoms with E-state index in [9.17, 15) is 30.0 Å². The Bertz CT molecular complexity index is 1300. The lowest BCUT2D eigenvalue weighted by atomic mass is 9.41. The predicted molar refractivity (Wildman–Crippen MR) is 170 cm³/mol. The van der Waals surface area contributed by atoms with Crippen molar-refractivity contribution >= 4 is 11.8 Å². The van der Waals surface area contributed by atoms with Gasteiger partial charge in [0.25, 0.3) is 0 Å². The topological polar surface area (TPSA) is 155 Å². The van der Waals surface area contributed by atoms with Crippen molar-refractivity contribution in [3.63, 3.8) is 0 Å². The van der Waals surface area contributed by atoms with Crippen LogP contribution in [0.3, 0.4) is 0 Å². The maximum absolute atomic E-state index is 14.2. The van der Waals surface area contributed by atoms with Gasteiger partial charge in [0.2, 0.25) is 0 Å². The van der Waals surface area contributed by atoms with Crippen molar-refractivity contribution in [1.29, 1.82) is 0 Å². The van der Waals surface area contributed by atoms with Crippen molar-refractivity contribution in [3.8, 4) is 0 Å². The Hall–Kier alpha value is -1.14. The highest BCUT2D eigenvalue weighted by atomic mass is 16.7. The molecular formula is C37H58O10. The molecule has 16 atom stereocenters. The van der Waals surface area contributed by atoms with Crippen molar-refractivity contribution in [3.05, 3.63) is 0 Å². The molecule has 0 aromatic rings. The second kappa shape index (κ2) is 10.7. The van der Waals surface area contributed by atoms with Crippen LogP contribution < -0.4 is 0 Å². The largest absolute Gasteiger partial charge is 0.460 e. The quantitative estimate of drug-likeness (QED) is 0.181. The average Bonchev–Trinajstić information content (AvgIpc) is 3.84. The third-order valence-corrected chi connectivity index (χ3v) is 15.7. The normalized spacial score (nSPS) is 53.5. The first kappa shape index (κ1) is 34.3. The highest BCUT2D eigenvalue weighted by Gasteiger charge is 2.84. The fourth-order valence-corrected chi connectivity index (χ4v) is 13.2.